The van der Waals surface area contributed by atoms with E-state index in [0.717, 1.165) is 25.7 Å². The fourth-order valence-corrected chi connectivity index (χ4v) is 4.43. The van der Waals surface area contributed by atoms with Crippen LogP contribution in [0.15, 0.2) is 54.6 Å². The minimum Gasteiger partial charge on any atom is -0.389 e. The van der Waals surface area contributed by atoms with E-state index in [1.165, 1.54) is 11.6 Å². The van der Waals surface area contributed by atoms with Crippen molar-refractivity contribution in [1.29, 1.82) is 0 Å². The SMILES string of the molecule is CN(C)C(c1ccccc1)C1CCCCC1(O)Cc1ccccc1F.Cl. The minimum absolute atomic E-state index is 0. The van der Waals surface area contributed by atoms with Crippen LogP contribution in [0.3, 0.4) is 0 Å². The molecule has 0 amide bonds. The van der Waals surface area contributed by atoms with Gasteiger partial charge in [-0.3, -0.25) is 0 Å². The second kappa shape index (κ2) is 8.98. The highest BCUT2D eigenvalue weighted by molar-refractivity contribution is 5.85. The van der Waals surface area contributed by atoms with E-state index in [1.807, 2.05) is 24.3 Å². The van der Waals surface area contributed by atoms with Crippen molar-refractivity contribution in [3.63, 3.8) is 0 Å². The predicted molar refractivity (Wildman–Crippen MR) is 107 cm³/mol. The third-order valence-electron chi connectivity index (χ3n) is 5.60. The molecule has 0 heterocycles. The summed E-state index contributed by atoms with van der Waals surface area (Å²) in [5, 5.41) is 11.6. The van der Waals surface area contributed by atoms with E-state index in [1.54, 1.807) is 12.1 Å². The number of aliphatic hydroxyl groups is 1. The fourth-order valence-electron chi connectivity index (χ4n) is 4.43. The first-order chi connectivity index (χ1) is 12.0. The molecule has 3 rings (SSSR count). The van der Waals surface area contributed by atoms with Gasteiger partial charge in [0.25, 0.3) is 0 Å². The Balaban J connectivity index is 0.00000243. The van der Waals surface area contributed by atoms with Gasteiger partial charge >= 0.3 is 0 Å². The molecule has 2 nitrogen and oxygen atoms in total. The monoisotopic (exact) mass is 377 g/mol. The Hall–Kier alpha value is -1.42. The van der Waals surface area contributed by atoms with Crippen LogP contribution in [0.5, 0.6) is 0 Å². The Labute approximate surface area is 162 Å². The van der Waals surface area contributed by atoms with Gasteiger partial charge < -0.3 is 10.0 Å². The zero-order valence-corrected chi connectivity index (χ0v) is 16.4. The van der Waals surface area contributed by atoms with Crippen LogP contribution in [-0.4, -0.2) is 29.7 Å². The Bertz CT molecular complexity index is 694. The smallest absolute Gasteiger partial charge is 0.126 e. The van der Waals surface area contributed by atoms with Gasteiger partial charge in [-0.2, -0.15) is 0 Å². The van der Waals surface area contributed by atoms with Crippen LogP contribution in [0, 0.1) is 11.7 Å². The van der Waals surface area contributed by atoms with Gasteiger partial charge in [-0.15, -0.1) is 12.4 Å². The summed E-state index contributed by atoms with van der Waals surface area (Å²) in [7, 11) is 4.13. The molecule has 1 saturated carbocycles. The van der Waals surface area contributed by atoms with Crippen LogP contribution in [0.25, 0.3) is 0 Å². The number of benzene rings is 2. The Morgan fingerprint density at radius 3 is 2.38 bits per heavy atom. The van der Waals surface area contributed by atoms with Crippen molar-refractivity contribution in [2.24, 2.45) is 5.92 Å². The molecule has 1 aliphatic rings. The molecule has 0 aromatic heterocycles. The summed E-state index contributed by atoms with van der Waals surface area (Å²) in [6.45, 7) is 0. The van der Waals surface area contributed by atoms with E-state index in [2.05, 4.69) is 31.1 Å². The van der Waals surface area contributed by atoms with Crippen molar-refractivity contribution >= 4 is 12.4 Å². The first-order valence-corrected chi connectivity index (χ1v) is 9.18. The molecule has 2 aromatic carbocycles. The number of hydrogen-bond donors (Lipinski definition) is 1. The standard InChI is InChI=1S/C22H28FNO.ClH/c1-24(2)21(17-10-4-3-5-11-17)19-13-8-9-15-22(19,25)16-18-12-6-7-14-20(18)23;/h3-7,10-12,14,19,21,25H,8-9,13,15-16H2,1-2H3;1H. The maximum absolute atomic E-state index is 14.2. The lowest BCUT2D eigenvalue weighted by Gasteiger charge is -2.46. The van der Waals surface area contributed by atoms with E-state index in [4.69, 9.17) is 0 Å². The number of rotatable bonds is 5. The third-order valence-corrected chi connectivity index (χ3v) is 5.60. The molecule has 3 atom stereocenters. The van der Waals surface area contributed by atoms with Gasteiger partial charge in [-0.1, -0.05) is 61.4 Å². The summed E-state index contributed by atoms with van der Waals surface area (Å²) >= 11 is 0. The molecule has 3 unspecified atom stereocenters. The van der Waals surface area contributed by atoms with Gasteiger partial charge in [0.1, 0.15) is 5.82 Å². The number of nitrogens with zero attached hydrogens (tertiary/aromatic N) is 1. The highest BCUT2D eigenvalue weighted by atomic mass is 35.5. The van der Waals surface area contributed by atoms with Crippen molar-refractivity contribution in [1.82, 2.24) is 4.90 Å². The molecular weight excluding hydrogens is 349 g/mol. The molecule has 1 aliphatic carbocycles. The second-order valence-electron chi connectivity index (χ2n) is 7.54. The van der Waals surface area contributed by atoms with Gasteiger partial charge in [0, 0.05) is 18.4 Å². The van der Waals surface area contributed by atoms with Crippen molar-refractivity contribution in [2.45, 2.75) is 43.7 Å². The topological polar surface area (TPSA) is 23.5 Å². The highest BCUT2D eigenvalue weighted by Gasteiger charge is 2.44. The van der Waals surface area contributed by atoms with E-state index >= 15 is 0 Å². The average molecular weight is 378 g/mol. The maximum Gasteiger partial charge on any atom is 0.126 e. The lowest BCUT2D eigenvalue weighted by molar-refractivity contribution is -0.0775. The van der Waals surface area contributed by atoms with Crippen LogP contribution in [0.1, 0.15) is 42.9 Å². The zero-order valence-electron chi connectivity index (χ0n) is 15.6. The van der Waals surface area contributed by atoms with Crippen molar-refractivity contribution in [3.8, 4) is 0 Å². The molecular formula is C22H29ClFNO. The van der Waals surface area contributed by atoms with Gasteiger partial charge in [-0.05, 0) is 44.1 Å². The third kappa shape index (κ3) is 4.46. The molecule has 0 spiro atoms. The van der Waals surface area contributed by atoms with Crippen molar-refractivity contribution in [2.75, 3.05) is 14.1 Å². The Morgan fingerprint density at radius 2 is 1.73 bits per heavy atom. The zero-order chi connectivity index (χ0) is 17.9. The molecule has 0 bridgehead atoms. The van der Waals surface area contributed by atoms with Crippen molar-refractivity contribution in [3.05, 3.63) is 71.5 Å². The summed E-state index contributed by atoms with van der Waals surface area (Å²) < 4.78 is 14.2. The molecule has 1 N–H and O–H groups in total. The molecule has 0 radical (unpaired) electrons. The van der Waals surface area contributed by atoms with E-state index in [9.17, 15) is 9.50 Å². The molecule has 0 aliphatic heterocycles. The van der Waals surface area contributed by atoms with Crippen molar-refractivity contribution < 1.29 is 9.50 Å². The molecule has 26 heavy (non-hydrogen) atoms. The predicted octanol–water partition coefficient (Wildman–Crippen LogP) is 5.01. The summed E-state index contributed by atoms with van der Waals surface area (Å²) in [5.74, 6) is -0.139. The van der Waals surface area contributed by atoms with Gasteiger partial charge in [0.2, 0.25) is 0 Å². The quantitative estimate of drug-likeness (QED) is 0.791. The van der Waals surface area contributed by atoms with Crippen LogP contribution < -0.4 is 0 Å². The number of halogens is 2. The first kappa shape index (κ1) is 20.9. The molecule has 2 aromatic rings. The highest BCUT2D eigenvalue weighted by Crippen LogP contribution is 2.45. The van der Waals surface area contributed by atoms with Gasteiger partial charge in [0.05, 0.1) is 5.60 Å². The molecule has 0 saturated heterocycles. The van der Waals surface area contributed by atoms with E-state index in [-0.39, 0.29) is 30.2 Å². The summed E-state index contributed by atoms with van der Waals surface area (Å²) in [6, 6.07) is 17.3. The molecule has 1 fully saturated rings. The Kier molecular flexibility index (Phi) is 7.22. The second-order valence-corrected chi connectivity index (χ2v) is 7.54. The molecule has 142 valence electrons. The average Bonchev–Trinajstić information content (AvgIpc) is 2.60. The van der Waals surface area contributed by atoms with E-state index < -0.39 is 5.60 Å². The van der Waals surface area contributed by atoms with E-state index in [0.29, 0.717) is 12.0 Å². The Morgan fingerprint density at radius 1 is 1.08 bits per heavy atom. The first-order valence-electron chi connectivity index (χ1n) is 9.18. The number of hydrogen-bond acceptors (Lipinski definition) is 2. The lowest BCUT2D eigenvalue weighted by Crippen LogP contribution is -2.48. The summed E-state index contributed by atoms with van der Waals surface area (Å²) in [6.07, 6.45) is 4.17. The van der Waals surface area contributed by atoms with Gasteiger partial charge in [-0.25, -0.2) is 4.39 Å². The summed E-state index contributed by atoms with van der Waals surface area (Å²) in [5.41, 5.74) is 0.944. The molecule has 4 heteroatoms. The van der Waals surface area contributed by atoms with Gasteiger partial charge in [0.15, 0.2) is 0 Å². The van der Waals surface area contributed by atoms with Crippen LogP contribution in [0.2, 0.25) is 0 Å². The minimum atomic E-state index is -0.884. The summed E-state index contributed by atoms with van der Waals surface area (Å²) in [4.78, 5) is 2.19. The fraction of sp³-hybridized carbons (Fsp3) is 0.455. The van der Waals surface area contributed by atoms with Crippen LogP contribution in [0.4, 0.5) is 4.39 Å². The van der Waals surface area contributed by atoms with Crippen LogP contribution in [-0.2, 0) is 6.42 Å². The largest absolute Gasteiger partial charge is 0.389 e. The van der Waals surface area contributed by atoms with Crippen LogP contribution >= 0.6 is 12.4 Å². The normalized spacial score (nSPS) is 24.1. The maximum atomic E-state index is 14.2. The lowest BCUT2D eigenvalue weighted by atomic mass is 9.67.